The molecule has 3 aromatic rings. The number of carbonyl (C=O) groups is 3. The van der Waals surface area contributed by atoms with Gasteiger partial charge in [-0.1, -0.05) is 59.3 Å². The Kier molecular flexibility index (Phi) is 13.0. The molecule has 1 heterocycles. The molecule has 256 valence electrons. The largest absolute Gasteiger partial charge is 0.495 e. The fourth-order valence-corrected chi connectivity index (χ4v) is 5.32. The van der Waals surface area contributed by atoms with Crippen molar-refractivity contribution in [2.45, 2.75) is 84.5 Å². The summed E-state index contributed by atoms with van der Waals surface area (Å²) in [5, 5.41) is 4.33. The summed E-state index contributed by atoms with van der Waals surface area (Å²) < 4.78 is 21.8. The first kappa shape index (κ1) is 37.5. The van der Waals surface area contributed by atoms with E-state index >= 15 is 0 Å². The lowest BCUT2D eigenvalue weighted by Gasteiger charge is -2.45. The Morgan fingerprint density at radius 1 is 1.00 bits per heavy atom. The standard InChI is InChI=1S/C32H45N6O8P/c1-23(2)38(20-12-11-15-24-13-7-6-8-14-24,37(46-47(42,43)44)31(41)45-32(3,4)5)36-30(40)28(21-29(33)39)34-22-26-19-18-25-16-9-10-17-27(25)35-26/h6-10,13-14,16-19,23,28,34H,11-12,15,20-22H2,1-5H3,(H4-,33,36,39,40,42,43,44)/p+1/t28-,38-/m0/s1. The Hall–Kier alpha value is -3.91. The molecule has 14 nitrogen and oxygen atoms in total. The smallest absolute Gasteiger partial charge is 0.439 e. The van der Waals surface area contributed by atoms with Crippen LogP contribution in [0.15, 0.2) is 66.7 Å². The van der Waals surface area contributed by atoms with E-state index in [0.29, 0.717) is 30.1 Å². The normalized spacial score (nSPS) is 14.0. The van der Waals surface area contributed by atoms with Crippen LogP contribution in [-0.2, 0) is 36.5 Å². The summed E-state index contributed by atoms with van der Waals surface area (Å²) in [6, 6.07) is 18.9. The minimum absolute atomic E-state index is 0.0367. The molecule has 15 heteroatoms. The zero-order valence-corrected chi connectivity index (χ0v) is 28.4. The molecule has 0 aliphatic carbocycles. The van der Waals surface area contributed by atoms with E-state index in [1.54, 1.807) is 40.7 Å². The third kappa shape index (κ3) is 11.7. The molecule has 0 aliphatic rings. The molecule has 2 aromatic carbocycles. The lowest BCUT2D eigenvalue weighted by molar-refractivity contribution is -1.09. The third-order valence-corrected chi connectivity index (χ3v) is 7.55. The summed E-state index contributed by atoms with van der Waals surface area (Å²) in [7, 11) is -5.37. The summed E-state index contributed by atoms with van der Waals surface area (Å²) in [6.07, 6.45) is -0.00817. The Bertz CT molecular complexity index is 1560. The predicted octanol–water partition coefficient (Wildman–Crippen LogP) is 4.02. The van der Waals surface area contributed by atoms with E-state index in [2.05, 4.69) is 15.7 Å². The maximum absolute atomic E-state index is 14.0. The molecule has 0 saturated carbocycles. The van der Waals surface area contributed by atoms with Gasteiger partial charge in [-0.15, -0.1) is 4.62 Å². The number of fused-ring (bicyclic) bond motifs is 1. The summed E-state index contributed by atoms with van der Waals surface area (Å²) >= 11 is 0. The highest BCUT2D eigenvalue weighted by Gasteiger charge is 2.51. The molecule has 0 aliphatic heterocycles. The second kappa shape index (κ2) is 16.3. The third-order valence-electron chi connectivity index (χ3n) is 7.18. The number of carbonyl (C=O) groups excluding carboxylic acids is 3. The van der Waals surface area contributed by atoms with Crippen molar-refractivity contribution in [1.82, 2.24) is 20.9 Å². The zero-order chi connectivity index (χ0) is 34.8. The van der Waals surface area contributed by atoms with Crippen LogP contribution in [-0.4, -0.2) is 66.8 Å². The van der Waals surface area contributed by atoms with Gasteiger partial charge in [-0.25, -0.2) is 9.36 Å². The van der Waals surface area contributed by atoms with Crippen LogP contribution in [0.3, 0.4) is 0 Å². The van der Waals surface area contributed by atoms with Crippen LogP contribution in [0.5, 0.6) is 0 Å². The van der Waals surface area contributed by atoms with Gasteiger partial charge in [-0.05, 0) is 65.2 Å². The van der Waals surface area contributed by atoms with Crippen molar-refractivity contribution in [1.29, 1.82) is 0 Å². The molecular weight excluding hydrogens is 627 g/mol. The highest BCUT2D eigenvalue weighted by molar-refractivity contribution is 7.46. The van der Waals surface area contributed by atoms with Crippen LogP contribution in [0.1, 0.15) is 65.1 Å². The second-order valence-corrected chi connectivity index (χ2v) is 13.6. The molecule has 0 bridgehead atoms. The van der Waals surface area contributed by atoms with Gasteiger partial charge in [0.05, 0.1) is 17.6 Å². The number of hydroxylamine groups is 1. The summed E-state index contributed by atoms with van der Waals surface area (Å²) in [6.45, 7) is 8.08. The van der Waals surface area contributed by atoms with Gasteiger partial charge in [-0.3, -0.25) is 19.9 Å². The van der Waals surface area contributed by atoms with E-state index in [0.717, 1.165) is 16.5 Å². The molecule has 0 saturated heterocycles. The van der Waals surface area contributed by atoms with Crippen LogP contribution >= 0.6 is 7.82 Å². The topological polar surface area (TPSA) is 193 Å². The van der Waals surface area contributed by atoms with Crippen molar-refractivity contribution >= 4 is 36.6 Å². The molecule has 6 N–H and O–H groups in total. The summed E-state index contributed by atoms with van der Waals surface area (Å²) in [4.78, 5) is 64.0. The van der Waals surface area contributed by atoms with Crippen molar-refractivity contribution in [3.05, 3.63) is 78.0 Å². The highest BCUT2D eigenvalue weighted by Crippen LogP contribution is 2.40. The molecule has 2 atom stereocenters. The van der Waals surface area contributed by atoms with E-state index < -0.39 is 54.5 Å². The van der Waals surface area contributed by atoms with Gasteiger partial charge < -0.3 is 20.3 Å². The Labute approximate surface area is 275 Å². The molecule has 3 rings (SSSR count). The summed E-state index contributed by atoms with van der Waals surface area (Å²) in [5.74, 6) is -1.55. The average Bonchev–Trinajstić information content (AvgIpc) is 2.98. The highest BCUT2D eigenvalue weighted by atomic mass is 31.2. The maximum Gasteiger partial charge on any atom is 0.495 e. The average molecular weight is 674 g/mol. The van der Waals surface area contributed by atoms with Crippen LogP contribution in [0.4, 0.5) is 4.79 Å². The monoisotopic (exact) mass is 673 g/mol. The maximum atomic E-state index is 14.0. The van der Waals surface area contributed by atoms with Gasteiger partial charge in [0, 0.05) is 23.5 Å². The van der Waals surface area contributed by atoms with Gasteiger partial charge >= 0.3 is 13.9 Å². The molecule has 0 radical (unpaired) electrons. The van der Waals surface area contributed by atoms with E-state index in [1.165, 1.54) is 0 Å². The van der Waals surface area contributed by atoms with E-state index in [9.17, 15) is 28.7 Å². The number of quaternary nitrogens is 1. The second-order valence-electron chi connectivity index (χ2n) is 12.5. The van der Waals surface area contributed by atoms with Crippen molar-refractivity contribution in [2.75, 3.05) is 6.54 Å². The Morgan fingerprint density at radius 2 is 1.66 bits per heavy atom. The number of unbranched alkanes of at least 4 members (excludes halogenated alkanes) is 1. The molecule has 0 fully saturated rings. The number of hydrogen-bond acceptors (Lipinski definition) is 8. The molecule has 1 aromatic heterocycles. The van der Waals surface area contributed by atoms with E-state index in [-0.39, 0.29) is 13.1 Å². The number of phosphoric acid groups is 1. The first-order chi connectivity index (χ1) is 22.0. The molecule has 3 amide bonds. The fourth-order valence-electron chi connectivity index (χ4n) is 4.92. The molecule has 47 heavy (non-hydrogen) atoms. The zero-order valence-electron chi connectivity index (χ0n) is 27.5. The van der Waals surface area contributed by atoms with Crippen molar-refractivity contribution in [2.24, 2.45) is 5.73 Å². The Balaban J connectivity index is 1.96. The number of hydrogen-bond donors (Lipinski definition) is 5. The van der Waals surface area contributed by atoms with Crippen molar-refractivity contribution in [3.8, 4) is 0 Å². The number of pyridine rings is 1. The molecular formula is C32H46N6O8P+. The first-order valence-electron chi connectivity index (χ1n) is 15.4. The van der Waals surface area contributed by atoms with Gasteiger partial charge in [0.25, 0.3) is 5.91 Å². The van der Waals surface area contributed by atoms with Crippen LogP contribution in [0, 0.1) is 0 Å². The van der Waals surface area contributed by atoms with Crippen LogP contribution in [0.2, 0.25) is 0 Å². The number of para-hydroxylation sites is 1. The SMILES string of the molecule is CC(C)[N@@+](CCCCc1ccccc1)(NC(=O)[C@H](CC(N)=O)NCc1ccc2ccccc2n1)N(OP(=O)(O)O)C(=O)OC(C)(C)C. The number of ether oxygens (including phenoxy) is 1. The number of aryl methyl sites for hydroxylation is 1. The van der Waals surface area contributed by atoms with Gasteiger partial charge in [0.15, 0.2) is 0 Å². The number of primary amides is 1. The first-order valence-corrected chi connectivity index (χ1v) is 16.9. The van der Waals surface area contributed by atoms with Crippen molar-refractivity contribution < 1.29 is 42.8 Å². The van der Waals surface area contributed by atoms with Crippen LogP contribution in [0.25, 0.3) is 10.9 Å². The molecule has 0 unspecified atom stereocenters. The fraction of sp³-hybridized carbons (Fsp3) is 0.438. The molecule has 0 spiro atoms. The van der Waals surface area contributed by atoms with Gasteiger partial charge in [-0.2, -0.15) is 5.43 Å². The lowest BCUT2D eigenvalue weighted by Crippen LogP contribution is -2.75. The number of benzene rings is 2. The number of nitrogens with zero attached hydrogens (tertiary/aromatic N) is 3. The lowest BCUT2D eigenvalue weighted by atomic mass is 10.1. The number of rotatable bonds is 16. The van der Waals surface area contributed by atoms with E-state index in [4.69, 9.17) is 15.1 Å². The number of nitrogens with one attached hydrogen (secondary N) is 2. The van der Waals surface area contributed by atoms with Crippen molar-refractivity contribution in [3.63, 3.8) is 0 Å². The van der Waals surface area contributed by atoms with Crippen LogP contribution < -0.4 is 16.5 Å². The minimum atomic E-state index is -5.37. The van der Waals surface area contributed by atoms with Gasteiger partial charge in [0.2, 0.25) is 5.91 Å². The number of aromatic nitrogens is 1. The quantitative estimate of drug-likeness (QED) is 0.0642. The Morgan fingerprint density at radius 3 is 2.28 bits per heavy atom. The minimum Gasteiger partial charge on any atom is -0.439 e. The van der Waals surface area contributed by atoms with E-state index in [1.807, 2.05) is 60.7 Å². The summed E-state index contributed by atoms with van der Waals surface area (Å²) in [5.41, 5.74) is 9.60. The number of amides is 3. The number of nitrogens with two attached hydrogens (primary N) is 1. The van der Waals surface area contributed by atoms with Gasteiger partial charge in [0.1, 0.15) is 24.2 Å². The predicted molar refractivity (Wildman–Crippen MR) is 175 cm³/mol.